The molecule has 152 valence electrons. The van der Waals surface area contributed by atoms with E-state index >= 15 is 0 Å². The lowest BCUT2D eigenvalue weighted by atomic mass is 10.1. The average molecular weight is 428 g/mol. The highest BCUT2D eigenvalue weighted by Crippen LogP contribution is 2.11. The van der Waals surface area contributed by atoms with Gasteiger partial charge in [0.15, 0.2) is 0 Å². The molecule has 0 bridgehead atoms. The van der Waals surface area contributed by atoms with Gasteiger partial charge in [0.05, 0.1) is 9.79 Å². The van der Waals surface area contributed by atoms with Crippen molar-refractivity contribution in [2.75, 3.05) is 13.1 Å². The van der Waals surface area contributed by atoms with Crippen LogP contribution in [0.15, 0.2) is 58.3 Å². The first-order valence-corrected chi connectivity index (χ1v) is 11.1. The van der Waals surface area contributed by atoms with Crippen molar-refractivity contribution in [3.63, 3.8) is 0 Å². The van der Waals surface area contributed by atoms with Gasteiger partial charge in [-0.15, -0.1) is 0 Å². The fourth-order valence-electron chi connectivity index (χ4n) is 2.36. The molecule has 0 saturated carbocycles. The zero-order valence-electron chi connectivity index (χ0n) is 14.7. The van der Waals surface area contributed by atoms with Crippen LogP contribution >= 0.6 is 0 Å². The molecule has 0 fully saturated rings. The molecule has 0 heterocycles. The molecule has 28 heavy (non-hydrogen) atoms. The molecule has 4 N–H and O–H groups in total. The van der Waals surface area contributed by atoms with Crippen molar-refractivity contribution >= 4 is 26.3 Å². The van der Waals surface area contributed by atoms with Crippen molar-refractivity contribution in [3.8, 4) is 0 Å². The Balaban J connectivity index is 1.70. The molecule has 9 nitrogen and oxygen atoms in total. The summed E-state index contributed by atoms with van der Waals surface area (Å²) in [7, 11) is -8.44. The molecule has 2 aromatic carbocycles. The Morgan fingerprint density at radius 2 is 1.00 bits per heavy atom. The lowest BCUT2D eigenvalue weighted by molar-refractivity contribution is 0.241. The molecule has 2 rings (SSSR count). The summed E-state index contributed by atoms with van der Waals surface area (Å²) in [4.78, 5) is 11.4. The van der Waals surface area contributed by atoms with Gasteiger partial charge in [-0.25, -0.2) is 4.79 Å². The number of urea groups is 1. The summed E-state index contributed by atoms with van der Waals surface area (Å²) < 4.78 is 61.7. The first-order valence-electron chi connectivity index (χ1n) is 8.20. The molecular weight excluding hydrogens is 408 g/mol. The Kier molecular flexibility index (Phi) is 7.13. The number of nitrogens with one attached hydrogen (secondary N) is 2. The first-order chi connectivity index (χ1) is 13.1. The van der Waals surface area contributed by atoms with E-state index in [2.05, 4.69) is 10.6 Å². The molecule has 0 radical (unpaired) electrons. The van der Waals surface area contributed by atoms with E-state index in [4.69, 9.17) is 9.11 Å². The highest BCUT2D eigenvalue weighted by molar-refractivity contribution is 7.86. The molecule has 0 atom stereocenters. The van der Waals surface area contributed by atoms with Gasteiger partial charge in [0.2, 0.25) is 0 Å². The minimum Gasteiger partial charge on any atom is -0.338 e. The van der Waals surface area contributed by atoms with Gasteiger partial charge in [-0.3, -0.25) is 9.11 Å². The summed E-state index contributed by atoms with van der Waals surface area (Å²) in [6.45, 7) is 0.667. The van der Waals surface area contributed by atoms with Crippen LogP contribution in [0.3, 0.4) is 0 Å². The highest BCUT2D eigenvalue weighted by Gasteiger charge is 2.09. The summed E-state index contributed by atoms with van der Waals surface area (Å²) in [5, 5.41) is 5.32. The van der Waals surface area contributed by atoms with Gasteiger partial charge in [-0.1, -0.05) is 24.3 Å². The molecule has 0 spiro atoms. The van der Waals surface area contributed by atoms with Gasteiger partial charge in [0, 0.05) is 13.1 Å². The van der Waals surface area contributed by atoms with Gasteiger partial charge >= 0.3 is 6.03 Å². The fraction of sp³-hybridized carbons (Fsp3) is 0.235. The van der Waals surface area contributed by atoms with Gasteiger partial charge in [-0.2, -0.15) is 16.8 Å². The Morgan fingerprint density at radius 3 is 1.29 bits per heavy atom. The van der Waals surface area contributed by atoms with Crippen molar-refractivity contribution in [1.82, 2.24) is 10.6 Å². The molecule has 2 aromatic rings. The molecule has 2 amide bonds. The van der Waals surface area contributed by atoms with Crippen LogP contribution in [0.2, 0.25) is 0 Å². The summed E-state index contributed by atoms with van der Waals surface area (Å²) >= 11 is 0. The van der Waals surface area contributed by atoms with E-state index in [1.54, 1.807) is 24.3 Å². The maximum Gasteiger partial charge on any atom is 0.314 e. The number of carbonyl (C=O) groups excluding carboxylic acids is 1. The fourth-order valence-corrected chi connectivity index (χ4v) is 3.32. The number of amides is 2. The summed E-state index contributed by atoms with van der Waals surface area (Å²) in [6, 6.07) is 11.0. The Labute approximate surface area is 163 Å². The van der Waals surface area contributed by atoms with Crippen LogP contribution in [-0.4, -0.2) is 45.1 Å². The molecule has 0 unspecified atom stereocenters. The van der Waals surface area contributed by atoms with E-state index in [0.717, 1.165) is 11.1 Å². The minimum atomic E-state index is -4.22. The predicted molar refractivity (Wildman–Crippen MR) is 101 cm³/mol. The quantitative estimate of drug-likeness (QED) is 0.462. The Hall–Kier alpha value is -2.47. The second-order valence-electron chi connectivity index (χ2n) is 5.92. The standard InChI is InChI=1S/C17H20N2O7S2/c20-17(18-11-9-13-1-5-15(6-2-13)27(21,22)23)19-12-10-14-3-7-16(8-4-14)28(24,25)26/h1-8H,9-12H2,(H2,18,19,20)(H,21,22,23)(H,24,25,26). The van der Waals surface area contributed by atoms with Crippen LogP contribution in [0.5, 0.6) is 0 Å². The van der Waals surface area contributed by atoms with Crippen molar-refractivity contribution in [2.45, 2.75) is 22.6 Å². The van der Waals surface area contributed by atoms with E-state index in [0.29, 0.717) is 25.9 Å². The van der Waals surface area contributed by atoms with Gasteiger partial charge in [0.1, 0.15) is 0 Å². The van der Waals surface area contributed by atoms with Gasteiger partial charge < -0.3 is 10.6 Å². The second-order valence-corrected chi connectivity index (χ2v) is 8.76. The van der Waals surface area contributed by atoms with E-state index < -0.39 is 20.2 Å². The van der Waals surface area contributed by atoms with Crippen LogP contribution in [0, 0.1) is 0 Å². The zero-order valence-corrected chi connectivity index (χ0v) is 16.3. The topological polar surface area (TPSA) is 150 Å². The maximum atomic E-state index is 11.7. The van der Waals surface area contributed by atoms with Crippen molar-refractivity contribution in [2.24, 2.45) is 0 Å². The summed E-state index contributed by atoms with van der Waals surface area (Å²) in [6.07, 6.45) is 0.965. The number of hydrogen-bond donors (Lipinski definition) is 4. The second kappa shape index (κ2) is 9.15. The van der Waals surface area contributed by atoms with E-state index in [1.807, 2.05) is 0 Å². The predicted octanol–water partition coefficient (Wildman–Crippen LogP) is 1.26. The average Bonchev–Trinajstić information content (AvgIpc) is 2.61. The Morgan fingerprint density at radius 1 is 0.679 bits per heavy atom. The summed E-state index contributed by atoms with van der Waals surface area (Å²) in [5.41, 5.74) is 1.60. The molecule has 0 aliphatic heterocycles. The third-order valence-corrected chi connectivity index (χ3v) is 5.58. The van der Waals surface area contributed by atoms with Crippen LogP contribution in [0.1, 0.15) is 11.1 Å². The van der Waals surface area contributed by atoms with E-state index in [-0.39, 0.29) is 15.8 Å². The van der Waals surface area contributed by atoms with Crippen molar-refractivity contribution < 1.29 is 30.7 Å². The molecule has 11 heteroatoms. The monoisotopic (exact) mass is 428 g/mol. The smallest absolute Gasteiger partial charge is 0.314 e. The Bertz CT molecular complexity index is 933. The molecule has 0 aliphatic carbocycles. The normalized spacial score (nSPS) is 11.8. The highest BCUT2D eigenvalue weighted by atomic mass is 32.2. The zero-order chi connectivity index (χ0) is 20.8. The SMILES string of the molecule is O=C(NCCc1ccc(S(=O)(=O)O)cc1)NCCc1ccc(S(=O)(=O)O)cc1. The molecule has 0 aromatic heterocycles. The van der Waals surface area contributed by atoms with E-state index in [1.165, 1.54) is 24.3 Å². The van der Waals surface area contributed by atoms with Gasteiger partial charge in [-0.05, 0) is 48.2 Å². The number of carbonyl (C=O) groups is 1. The first kappa shape index (κ1) is 21.8. The lowest BCUT2D eigenvalue weighted by Crippen LogP contribution is -2.37. The van der Waals surface area contributed by atoms with E-state index in [9.17, 15) is 21.6 Å². The van der Waals surface area contributed by atoms with Gasteiger partial charge in [0.25, 0.3) is 20.2 Å². The number of rotatable bonds is 8. The minimum absolute atomic E-state index is 0.188. The third kappa shape index (κ3) is 6.93. The van der Waals surface area contributed by atoms with Crippen molar-refractivity contribution in [1.29, 1.82) is 0 Å². The molecule has 0 saturated heterocycles. The number of benzene rings is 2. The third-order valence-electron chi connectivity index (χ3n) is 3.84. The van der Waals surface area contributed by atoms with Crippen LogP contribution in [0.25, 0.3) is 0 Å². The lowest BCUT2D eigenvalue weighted by Gasteiger charge is -2.08. The molecular formula is C17H20N2O7S2. The van der Waals surface area contributed by atoms with Crippen molar-refractivity contribution in [3.05, 3.63) is 59.7 Å². The van der Waals surface area contributed by atoms with Crippen LogP contribution in [-0.2, 0) is 33.1 Å². The summed E-state index contributed by atoms with van der Waals surface area (Å²) in [5.74, 6) is 0. The van der Waals surface area contributed by atoms with Crippen LogP contribution < -0.4 is 10.6 Å². The maximum absolute atomic E-state index is 11.7. The van der Waals surface area contributed by atoms with Crippen LogP contribution in [0.4, 0.5) is 4.79 Å². The number of hydrogen-bond acceptors (Lipinski definition) is 5. The molecule has 0 aliphatic rings. The largest absolute Gasteiger partial charge is 0.338 e.